The number of anilines is 1. The van der Waals surface area contributed by atoms with Crippen LogP contribution in [0.1, 0.15) is 0 Å². The van der Waals surface area contributed by atoms with E-state index in [1.54, 1.807) is 26.2 Å². The van der Waals surface area contributed by atoms with E-state index in [1.165, 1.54) is 26.3 Å². The predicted octanol–water partition coefficient (Wildman–Crippen LogP) is 1.31. The Bertz CT molecular complexity index is 424. The molecule has 0 heterocycles. The van der Waals surface area contributed by atoms with E-state index in [4.69, 9.17) is 14.2 Å². The fourth-order valence-electron chi connectivity index (χ4n) is 1.52. The van der Waals surface area contributed by atoms with Gasteiger partial charge >= 0.3 is 6.03 Å². The number of benzene rings is 1. The Kier molecular flexibility index (Phi) is 5.25. The third kappa shape index (κ3) is 3.92. The number of ether oxygens (including phenoxy) is 3. The van der Waals surface area contributed by atoms with Gasteiger partial charge < -0.3 is 19.5 Å². The van der Waals surface area contributed by atoms with Crippen LogP contribution in [0.2, 0.25) is 0 Å². The van der Waals surface area contributed by atoms with E-state index in [1.807, 2.05) is 0 Å². The lowest BCUT2D eigenvalue weighted by atomic mass is 10.2. The molecule has 2 N–H and O–H groups in total. The van der Waals surface area contributed by atoms with Crippen molar-refractivity contribution in [2.75, 3.05) is 40.7 Å². The maximum absolute atomic E-state index is 11.6. The highest BCUT2D eigenvalue weighted by molar-refractivity contribution is 5.89. The van der Waals surface area contributed by atoms with E-state index < -0.39 is 0 Å². The number of hydrogen-bond donors (Lipinski definition) is 2. The van der Waals surface area contributed by atoms with E-state index in [-0.39, 0.29) is 6.03 Å². The molecular formula is C12H19N3O4. The molecule has 0 aliphatic carbocycles. The largest absolute Gasteiger partial charge is 0.493 e. The predicted molar refractivity (Wildman–Crippen MR) is 71.9 cm³/mol. The van der Waals surface area contributed by atoms with Crippen LogP contribution in [0.5, 0.6) is 17.2 Å². The average molecular weight is 269 g/mol. The fourth-order valence-corrected chi connectivity index (χ4v) is 1.52. The normalized spacial score (nSPS) is 10.0. The second kappa shape index (κ2) is 6.69. The molecule has 0 saturated heterocycles. The number of methoxy groups -OCH3 is 3. The molecule has 106 valence electrons. The van der Waals surface area contributed by atoms with Crippen molar-refractivity contribution in [3.05, 3.63) is 12.1 Å². The first-order valence-electron chi connectivity index (χ1n) is 5.56. The lowest BCUT2D eigenvalue weighted by molar-refractivity contribution is 0.224. The zero-order valence-corrected chi connectivity index (χ0v) is 11.7. The van der Waals surface area contributed by atoms with Crippen LogP contribution in [0, 0.1) is 0 Å². The first-order valence-corrected chi connectivity index (χ1v) is 5.56. The first kappa shape index (κ1) is 14.9. The van der Waals surface area contributed by atoms with Crippen LogP contribution in [0.4, 0.5) is 10.5 Å². The van der Waals surface area contributed by atoms with Crippen LogP contribution in [0.3, 0.4) is 0 Å². The number of nitrogens with zero attached hydrogens (tertiary/aromatic N) is 1. The molecule has 0 bridgehead atoms. The van der Waals surface area contributed by atoms with Crippen LogP contribution < -0.4 is 25.0 Å². The maximum Gasteiger partial charge on any atom is 0.333 e. The van der Waals surface area contributed by atoms with E-state index in [2.05, 4.69) is 10.7 Å². The summed E-state index contributed by atoms with van der Waals surface area (Å²) in [5, 5.41) is 4.20. The van der Waals surface area contributed by atoms with Crippen molar-refractivity contribution in [2.45, 2.75) is 0 Å². The highest BCUT2D eigenvalue weighted by Crippen LogP contribution is 2.39. The number of rotatable bonds is 5. The van der Waals surface area contributed by atoms with E-state index in [0.29, 0.717) is 22.9 Å². The fraction of sp³-hybridized carbons (Fsp3) is 0.417. The maximum atomic E-state index is 11.6. The molecule has 0 unspecified atom stereocenters. The van der Waals surface area contributed by atoms with Crippen molar-refractivity contribution in [2.24, 2.45) is 0 Å². The van der Waals surface area contributed by atoms with Crippen molar-refractivity contribution in [1.82, 2.24) is 10.4 Å². The van der Waals surface area contributed by atoms with Gasteiger partial charge in [-0.1, -0.05) is 0 Å². The van der Waals surface area contributed by atoms with Crippen molar-refractivity contribution < 1.29 is 19.0 Å². The molecule has 0 aromatic heterocycles. The van der Waals surface area contributed by atoms with Crippen LogP contribution in [-0.4, -0.2) is 46.5 Å². The first-order chi connectivity index (χ1) is 9.01. The van der Waals surface area contributed by atoms with Crippen molar-refractivity contribution >= 4 is 11.7 Å². The Morgan fingerprint density at radius 1 is 1.05 bits per heavy atom. The van der Waals surface area contributed by atoms with Gasteiger partial charge in [0.15, 0.2) is 11.5 Å². The molecule has 0 spiro atoms. The van der Waals surface area contributed by atoms with E-state index in [9.17, 15) is 4.79 Å². The van der Waals surface area contributed by atoms with Crippen LogP contribution in [-0.2, 0) is 0 Å². The highest BCUT2D eigenvalue weighted by atomic mass is 16.5. The number of carbonyl (C=O) groups excluding carboxylic acids is 1. The number of carbonyl (C=O) groups is 1. The number of nitrogens with one attached hydrogen (secondary N) is 2. The SMILES string of the molecule is COc1cc(NC(=O)NN(C)C)cc(OC)c1OC. The van der Waals surface area contributed by atoms with Gasteiger partial charge in [0.2, 0.25) is 5.75 Å². The number of hydrazine groups is 1. The van der Waals surface area contributed by atoms with Crippen molar-refractivity contribution in [3.8, 4) is 17.2 Å². The summed E-state index contributed by atoms with van der Waals surface area (Å²) in [5.41, 5.74) is 3.10. The van der Waals surface area contributed by atoms with Gasteiger partial charge in [-0.15, -0.1) is 0 Å². The van der Waals surface area contributed by atoms with E-state index in [0.717, 1.165) is 0 Å². The van der Waals surface area contributed by atoms with Crippen molar-refractivity contribution in [1.29, 1.82) is 0 Å². The van der Waals surface area contributed by atoms with Gasteiger partial charge in [0.1, 0.15) is 0 Å². The topological polar surface area (TPSA) is 72.1 Å². The molecule has 7 heteroatoms. The average Bonchev–Trinajstić information content (AvgIpc) is 2.36. The lowest BCUT2D eigenvalue weighted by Gasteiger charge is -2.16. The van der Waals surface area contributed by atoms with Gasteiger partial charge in [-0.25, -0.2) is 9.80 Å². The molecule has 1 aromatic rings. The molecule has 0 atom stereocenters. The summed E-state index contributed by atoms with van der Waals surface area (Å²) in [6.45, 7) is 0. The molecule has 0 aliphatic rings. The Morgan fingerprint density at radius 2 is 1.58 bits per heavy atom. The van der Waals surface area contributed by atoms with Gasteiger partial charge in [0, 0.05) is 26.2 Å². The zero-order valence-electron chi connectivity index (χ0n) is 11.7. The minimum atomic E-state index is -0.362. The van der Waals surface area contributed by atoms with Crippen LogP contribution >= 0.6 is 0 Å². The molecule has 19 heavy (non-hydrogen) atoms. The monoisotopic (exact) mass is 269 g/mol. The molecule has 7 nitrogen and oxygen atoms in total. The Hall–Kier alpha value is -2.15. The molecule has 0 saturated carbocycles. The molecule has 2 amide bonds. The molecule has 0 aliphatic heterocycles. The smallest absolute Gasteiger partial charge is 0.333 e. The molecule has 0 fully saturated rings. The summed E-state index contributed by atoms with van der Waals surface area (Å²) < 4.78 is 15.6. The zero-order chi connectivity index (χ0) is 14.4. The van der Waals surface area contributed by atoms with Gasteiger partial charge in [-0.2, -0.15) is 0 Å². The van der Waals surface area contributed by atoms with Gasteiger partial charge in [0.05, 0.1) is 27.0 Å². The van der Waals surface area contributed by atoms with Crippen LogP contribution in [0.15, 0.2) is 12.1 Å². The van der Waals surface area contributed by atoms with Crippen molar-refractivity contribution in [3.63, 3.8) is 0 Å². The molecule has 1 aromatic carbocycles. The van der Waals surface area contributed by atoms with Crippen LogP contribution in [0.25, 0.3) is 0 Å². The summed E-state index contributed by atoms with van der Waals surface area (Å²) in [4.78, 5) is 11.6. The molecular weight excluding hydrogens is 250 g/mol. The summed E-state index contributed by atoms with van der Waals surface area (Å²) in [7, 11) is 7.98. The second-order valence-corrected chi connectivity index (χ2v) is 3.87. The standard InChI is InChI=1S/C12H19N3O4/c1-15(2)14-12(16)13-8-6-9(17-3)11(19-5)10(7-8)18-4/h6-7H,1-5H3,(H2,13,14,16). The Balaban J connectivity index is 2.99. The molecule has 1 rings (SSSR count). The minimum absolute atomic E-state index is 0.362. The van der Waals surface area contributed by atoms with Gasteiger partial charge in [-0.3, -0.25) is 5.43 Å². The molecule has 0 radical (unpaired) electrons. The Labute approximate surface area is 112 Å². The summed E-state index contributed by atoms with van der Waals surface area (Å²) in [6.07, 6.45) is 0. The van der Waals surface area contributed by atoms with E-state index >= 15 is 0 Å². The highest BCUT2D eigenvalue weighted by Gasteiger charge is 2.14. The summed E-state index contributed by atoms with van der Waals surface area (Å²) in [6, 6.07) is 2.94. The number of amides is 2. The minimum Gasteiger partial charge on any atom is -0.493 e. The van der Waals surface area contributed by atoms with Gasteiger partial charge in [0.25, 0.3) is 0 Å². The second-order valence-electron chi connectivity index (χ2n) is 3.87. The Morgan fingerprint density at radius 3 is 1.95 bits per heavy atom. The lowest BCUT2D eigenvalue weighted by Crippen LogP contribution is -2.39. The summed E-state index contributed by atoms with van der Waals surface area (Å²) in [5.74, 6) is 1.42. The number of hydrogen-bond acceptors (Lipinski definition) is 5. The number of urea groups is 1. The third-order valence-electron chi connectivity index (χ3n) is 2.25. The quantitative estimate of drug-likeness (QED) is 0.789. The van der Waals surface area contributed by atoms with Gasteiger partial charge in [-0.05, 0) is 0 Å². The summed E-state index contributed by atoms with van der Waals surface area (Å²) >= 11 is 0. The third-order valence-corrected chi connectivity index (χ3v) is 2.25.